The van der Waals surface area contributed by atoms with Gasteiger partial charge < -0.3 is 10.1 Å². The number of hydrogen-bond acceptors (Lipinski definition) is 2. The average molecular weight is 249 g/mol. The summed E-state index contributed by atoms with van der Waals surface area (Å²) in [5, 5.41) is 3.61. The second-order valence-corrected chi connectivity index (χ2v) is 5.58. The highest BCUT2D eigenvalue weighted by Gasteiger charge is 2.30. The van der Waals surface area contributed by atoms with Crippen LogP contribution in [0.2, 0.25) is 0 Å². The van der Waals surface area contributed by atoms with Crippen LogP contribution >= 0.6 is 0 Å². The lowest BCUT2D eigenvalue weighted by atomic mass is 9.77. The fraction of sp³-hybridized carbons (Fsp3) is 0.625. The molecular weight excluding hydrogens is 222 g/mol. The van der Waals surface area contributed by atoms with E-state index in [0.717, 1.165) is 18.7 Å². The van der Waals surface area contributed by atoms with Crippen molar-refractivity contribution in [2.75, 3.05) is 13.7 Å². The van der Waals surface area contributed by atoms with Crippen molar-refractivity contribution in [3.8, 4) is 5.75 Å². The molecule has 0 amide bonds. The molecule has 0 saturated heterocycles. The fourth-order valence-electron chi connectivity index (χ4n) is 2.29. The number of nitrogens with one attached hydrogen (secondary N) is 1. The van der Waals surface area contributed by atoms with Crippen LogP contribution in [0, 0.1) is 12.3 Å². The van der Waals surface area contributed by atoms with E-state index < -0.39 is 0 Å². The molecule has 0 bridgehead atoms. The molecule has 0 spiro atoms. The zero-order valence-corrected chi connectivity index (χ0v) is 12.6. The second kappa shape index (κ2) is 6.24. The Bertz CT molecular complexity index is 385. The van der Waals surface area contributed by atoms with Crippen LogP contribution in [0.4, 0.5) is 0 Å². The monoisotopic (exact) mass is 249 g/mol. The Morgan fingerprint density at radius 2 is 1.94 bits per heavy atom. The van der Waals surface area contributed by atoms with Gasteiger partial charge in [-0.15, -0.1) is 0 Å². The Balaban J connectivity index is 3.24. The number of benzene rings is 1. The minimum Gasteiger partial charge on any atom is -0.496 e. The van der Waals surface area contributed by atoms with E-state index in [1.54, 1.807) is 7.11 Å². The molecule has 0 saturated carbocycles. The molecule has 0 aliphatic rings. The Hall–Kier alpha value is -1.02. The van der Waals surface area contributed by atoms with Crippen molar-refractivity contribution in [2.24, 2.45) is 5.41 Å². The van der Waals surface area contributed by atoms with Gasteiger partial charge in [-0.05, 0) is 31.4 Å². The first-order chi connectivity index (χ1) is 8.46. The topological polar surface area (TPSA) is 21.3 Å². The molecule has 0 aromatic heterocycles. The molecule has 1 rings (SSSR count). The predicted molar refractivity (Wildman–Crippen MR) is 78.2 cm³/mol. The highest BCUT2D eigenvalue weighted by Crippen LogP contribution is 2.40. The normalized spacial score (nSPS) is 13.4. The standard InChI is InChI=1S/C16H27NO/c1-7-16(4,5)15(17-8-2)13-11-12(3)9-10-14(13)18-6/h9-11,15,17H,7-8H2,1-6H3. The first-order valence-corrected chi connectivity index (χ1v) is 6.84. The maximum absolute atomic E-state index is 5.53. The first kappa shape index (κ1) is 15.0. The van der Waals surface area contributed by atoms with Gasteiger partial charge in [0, 0.05) is 11.6 Å². The maximum atomic E-state index is 5.53. The third-order valence-electron chi connectivity index (χ3n) is 3.80. The van der Waals surface area contributed by atoms with Crippen LogP contribution in [0.3, 0.4) is 0 Å². The van der Waals surface area contributed by atoms with Gasteiger partial charge >= 0.3 is 0 Å². The van der Waals surface area contributed by atoms with Crippen molar-refractivity contribution in [3.63, 3.8) is 0 Å². The zero-order valence-electron chi connectivity index (χ0n) is 12.6. The molecule has 102 valence electrons. The predicted octanol–water partition coefficient (Wildman–Crippen LogP) is 4.09. The molecule has 0 fully saturated rings. The largest absolute Gasteiger partial charge is 0.496 e. The molecule has 1 N–H and O–H groups in total. The zero-order chi connectivity index (χ0) is 13.8. The van der Waals surface area contributed by atoms with Crippen molar-refractivity contribution in [1.29, 1.82) is 0 Å². The summed E-state index contributed by atoms with van der Waals surface area (Å²) in [5.41, 5.74) is 2.75. The van der Waals surface area contributed by atoms with Gasteiger partial charge in [0.1, 0.15) is 5.75 Å². The summed E-state index contributed by atoms with van der Waals surface area (Å²) in [6, 6.07) is 6.73. The van der Waals surface area contributed by atoms with Gasteiger partial charge in [-0.2, -0.15) is 0 Å². The third kappa shape index (κ3) is 3.26. The summed E-state index contributed by atoms with van der Waals surface area (Å²) in [4.78, 5) is 0. The highest BCUT2D eigenvalue weighted by atomic mass is 16.5. The van der Waals surface area contributed by atoms with E-state index in [1.165, 1.54) is 11.1 Å². The van der Waals surface area contributed by atoms with Crippen LogP contribution < -0.4 is 10.1 Å². The number of hydrogen-bond donors (Lipinski definition) is 1. The smallest absolute Gasteiger partial charge is 0.123 e. The maximum Gasteiger partial charge on any atom is 0.123 e. The highest BCUT2D eigenvalue weighted by molar-refractivity contribution is 5.40. The molecule has 18 heavy (non-hydrogen) atoms. The van der Waals surface area contributed by atoms with Gasteiger partial charge in [-0.1, -0.05) is 45.4 Å². The van der Waals surface area contributed by atoms with Gasteiger partial charge in [0.15, 0.2) is 0 Å². The lowest BCUT2D eigenvalue weighted by Gasteiger charge is -2.35. The molecule has 1 unspecified atom stereocenters. The molecule has 0 aliphatic heterocycles. The molecule has 1 atom stereocenters. The summed E-state index contributed by atoms with van der Waals surface area (Å²) in [7, 11) is 1.75. The SMILES string of the molecule is CCNC(c1cc(C)ccc1OC)C(C)(C)CC. The van der Waals surface area contributed by atoms with E-state index in [1.807, 2.05) is 0 Å². The minimum atomic E-state index is 0.205. The summed E-state index contributed by atoms with van der Waals surface area (Å²) in [5.74, 6) is 0.980. The molecule has 0 aliphatic carbocycles. The summed E-state index contributed by atoms with van der Waals surface area (Å²) in [6.07, 6.45) is 1.13. The van der Waals surface area contributed by atoms with Crippen molar-refractivity contribution in [3.05, 3.63) is 29.3 Å². The average Bonchev–Trinajstić information content (AvgIpc) is 2.35. The first-order valence-electron chi connectivity index (χ1n) is 6.84. The lowest BCUT2D eigenvalue weighted by molar-refractivity contribution is 0.231. The van der Waals surface area contributed by atoms with Crippen molar-refractivity contribution >= 4 is 0 Å². The van der Waals surface area contributed by atoms with Crippen molar-refractivity contribution < 1.29 is 4.74 Å². The van der Waals surface area contributed by atoms with Gasteiger partial charge in [0.25, 0.3) is 0 Å². The van der Waals surface area contributed by atoms with Crippen molar-refractivity contribution in [2.45, 2.75) is 47.1 Å². The summed E-state index contributed by atoms with van der Waals surface area (Å²) < 4.78 is 5.53. The molecule has 2 nitrogen and oxygen atoms in total. The van der Waals surface area contributed by atoms with Crippen LogP contribution in [0.25, 0.3) is 0 Å². The Kier molecular flexibility index (Phi) is 5.21. The van der Waals surface area contributed by atoms with E-state index in [2.05, 4.69) is 58.1 Å². The van der Waals surface area contributed by atoms with E-state index in [0.29, 0.717) is 6.04 Å². The third-order valence-corrected chi connectivity index (χ3v) is 3.80. The van der Waals surface area contributed by atoms with E-state index in [-0.39, 0.29) is 5.41 Å². The Morgan fingerprint density at radius 1 is 1.28 bits per heavy atom. The quantitative estimate of drug-likeness (QED) is 0.820. The van der Waals surface area contributed by atoms with Gasteiger partial charge in [-0.3, -0.25) is 0 Å². The lowest BCUT2D eigenvalue weighted by Crippen LogP contribution is -2.34. The van der Waals surface area contributed by atoms with Crippen LogP contribution in [-0.4, -0.2) is 13.7 Å². The van der Waals surface area contributed by atoms with E-state index in [9.17, 15) is 0 Å². The number of rotatable bonds is 6. The van der Waals surface area contributed by atoms with Gasteiger partial charge in [0.05, 0.1) is 7.11 Å². The molecule has 1 aromatic rings. The molecule has 2 heteroatoms. The molecule has 0 radical (unpaired) electrons. The van der Waals surface area contributed by atoms with Gasteiger partial charge in [0.2, 0.25) is 0 Å². The number of methoxy groups -OCH3 is 1. The van der Waals surface area contributed by atoms with E-state index in [4.69, 9.17) is 4.74 Å². The van der Waals surface area contributed by atoms with Crippen LogP contribution in [-0.2, 0) is 0 Å². The van der Waals surface area contributed by atoms with Crippen molar-refractivity contribution in [1.82, 2.24) is 5.32 Å². The fourth-order valence-corrected chi connectivity index (χ4v) is 2.29. The molecule has 0 heterocycles. The van der Waals surface area contributed by atoms with Crippen LogP contribution in [0.5, 0.6) is 5.75 Å². The Morgan fingerprint density at radius 3 is 2.44 bits per heavy atom. The minimum absolute atomic E-state index is 0.205. The summed E-state index contributed by atoms with van der Waals surface area (Å²) >= 11 is 0. The van der Waals surface area contributed by atoms with Crippen LogP contribution in [0.1, 0.15) is 51.3 Å². The number of ether oxygens (including phenoxy) is 1. The number of aryl methyl sites for hydroxylation is 1. The molecule has 1 aromatic carbocycles. The Labute approximate surface area is 112 Å². The second-order valence-electron chi connectivity index (χ2n) is 5.58. The molecular formula is C16H27NO. The van der Waals surface area contributed by atoms with Crippen LogP contribution in [0.15, 0.2) is 18.2 Å². The van der Waals surface area contributed by atoms with Gasteiger partial charge in [-0.25, -0.2) is 0 Å². The van der Waals surface area contributed by atoms with E-state index >= 15 is 0 Å². The summed E-state index contributed by atoms with van der Waals surface area (Å²) in [6.45, 7) is 12.1.